The average Bonchev–Trinajstić information content (AvgIpc) is 2.83. The van der Waals surface area contributed by atoms with Crippen LogP contribution in [-0.2, 0) is 0 Å². The maximum atomic E-state index is 5.95. The molecule has 2 aromatic heterocycles. The summed E-state index contributed by atoms with van der Waals surface area (Å²) in [6.07, 6.45) is 1.62. The SMILES string of the molecule is Cc1cccc2c(-c3ccco3)nc(Cl)nc12. The third-order valence-electron chi connectivity index (χ3n) is 2.66. The van der Waals surface area contributed by atoms with E-state index < -0.39 is 0 Å². The summed E-state index contributed by atoms with van der Waals surface area (Å²) in [6, 6.07) is 9.63. The first kappa shape index (κ1) is 10.3. The fourth-order valence-electron chi connectivity index (χ4n) is 1.87. The standard InChI is InChI=1S/C13H9ClN2O/c1-8-4-2-5-9-11(8)15-13(14)16-12(9)10-6-3-7-17-10/h2-7H,1H3. The number of halogens is 1. The van der Waals surface area contributed by atoms with E-state index in [1.807, 2.05) is 37.3 Å². The monoisotopic (exact) mass is 244 g/mol. The number of aryl methyl sites for hydroxylation is 1. The van der Waals surface area contributed by atoms with Gasteiger partial charge < -0.3 is 4.42 Å². The lowest BCUT2D eigenvalue weighted by molar-refractivity contribution is 0.580. The number of nitrogens with zero attached hydrogens (tertiary/aromatic N) is 2. The molecular formula is C13H9ClN2O. The molecule has 0 unspecified atom stereocenters. The third-order valence-corrected chi connectivity index (χ3v) is 2.82. The summed E-state index contributed by atoms with van der Waals surface area (Å²) in [7, 11) is 0. The number of aromatic nitrogens is 2. The molecule has 0 atom stereocenters. The van der Waals surface area contributed by atoms with Gasteiger partial charge in [0.05, 0.1) is 11.8 Å². The molecule has 0 N–H and O–H groups in total. The minimum atomic E-state index is 0.234. The van der Waals surface area contributed by atoms with Crippen LogP contribution in [0.2, 0.25) is 5.28 Å². The van der Waals surface area contributed by atoms with E-state index in [-0.39, 0.29) is 5.28 Å². The van der Waals surface area contributed by atoms with Gasteiger partial charge in [-0.1, -0.05) is 18.2 Å². The second kappa shape index (κ2) is 3.86. The molecule has 17 heavy (non-hydrogen) atoms. The van der Waals surface area contributed by atoms with Crippen molar-refractivity contribution >= 4 is 22.5 Å². The molecule has 0 saturated heterocycles. The topological polar surface area (TPSA) is 38.9 Å². The Bertz CT molecular complexity index is 677. The van der Waals surface area contributed by atoms with E-state index in [0.717, 1.165) is 22.2 Å². The lowest BCUT2D eigenvalue weighted by Gasteiger charge is -2.05. The van der Waals surface area contributed by atoms with Gasteiger partial charge in [0.15, 0.2) is 5.76 Å². The molecular weight excluding hydrogens is 236 g/mol. The van der Waals surface area contributed by atoms with E-state index in [9.17, 15) is 0 Å². The molecule has 3 rings (SSSR count). The van der Waals surface area contributed by atoms with Crippen molar-refractivity contribution in [2.45, 2.75) is 6.92 Å². The minimum Gasteiger partial charge on any atom is -0.463 e. The first-order chi connectivity index (χ1) is 8.25. The van der Waals surface area contributed by atoms with E-state index >= 15 is 0 Å². The number of benzene rings is 1. The van der Waals surface area contributed by atoms with Crippen LogP contribution in [0.15, 0.2) is 41.0 Å². The summed E-state index contributed by atoms with van der Waals surface area (Å²) >= 11 is 5.95. The van der Waals surface area contributed by atoms with Crippen LogP contribution < -0.4 is 0 Å². The molecule has 0 radical (unpaired) electrons. The molecule has 0 spiro atoms. The van der Waals surface area contributed by atoms with Gasteiger partial charge in [-0.05, 0) is 36.2 Å². The van der Waals surface area contributed by atoms with Gasteiger partial charge in [0, 0.05) is 5.39 Å². The Labute approximate surface area is 103 Å². The first-order valence-corrected chi connectivity index (χ1v) is 5.60. The van der Waals surface area contributed by atoms with Gasteiger partial charge in [-0.3, -0.25) is 0 Å². The first-order valence-electron chi connectivity index (χ1n) is 5.22. The normalized spacial score (nSPS) is 10.9. The van der Waals surface area contributed by atoms with E-state index in [1.165, 1.54) is 0 Å². The summed E-state index contributed by atoms with van der Waals surface area (Å²) in [4.78, 5) is 8.50. The van der Waals surface area contributed by atoms with E-state index in [1.54, 1.807) is 6.26 Å². The van der Waals surface area contributed by atoms with E-state index in [0.29, 0.717) is 5.76 Å². The Balaban J connectivity index is 2.42. The zero-order valence-electron chi connectivity index (χ0n) is 9.14. The summed E-state index contributed by atoms with van der Waals surface area (Å²) < 4.78 is 5.37. The van der Waals surface area contributed by atoms with Crippen molar-refractivity contribution in [2.24, 2.45) is 0 Å². The maximum Gasteiger partial charge on any atom is 0.223 e. The Morgan fingerprint density at radius 1 is 1.12 bits per heavy atom. The highest BCUT2D eigenvalue weighted by Crippen LogP contribution is 2.28. The van der Waals surface area contributed by atoms with Gasteiger partial charge in [0.25, 0.3) is 0 Å². The summed E-state index contributed by atoms with van der Waals surface area (Å²) in [5.74, 6) is 0.699. The van der Waals surface area contributed by atoms with Gasteiger partial charge in [0.1, 0.15) is 5.69 Å². The second-order valence-corrected chi connectivity index (χ2v) is 4.13. The highest BCUT2D eigenvalue weighted by atomic mass is 35.5. The lowest BCUT2D eigenvalue weighted by atomic mass is 10.1. The maximum absolute atomic E-state index is 5.95. The van der Waals surface area contributed by atoms with Crippen molar-refractivity contribution in [1.82, 2.24) is 9.97 Å². The van der Waals surface area contributed by atoms with E-state index in [2.05, 4.69) is 9.97 Å². The minimum absolute atomic E-state index is 0.234. The quantitative estimate of drug-likeness (QED) is 0.611. The average molecular weight is 245 g/mol. The Hall–Kier alpha value is -1.87. The summed E-state index contributed by atoms with van der Waals surface area (Å²) in [6.45, 7) is 2.00. The second-order valence-electron chi connectivity index (χ2n) is 3.79. The van der Waals surface area contributed by atoms with Crippen LogP contribution >= 0.6 is 11.6 Å². The number of furan rings is 1. The van der Waals surface area contributed by atoms with Crippen molar-refractivity contribution in [3.8, 4) is 11.5 Å². The Morgan fingerprint density at radius 2 is 2.00 bits per heavy atom. The molecule has 4 heteroatoms. The molecule has 0 aliphatic carbocycles. The predicted molar refractivity (Wildman–Crippen MR) is 67.0 cm³/mol. The van der Waals surface area contributed by atoms with Crippen LogP contribution in [0.25, 0.3) is 22.4 Å². The molecule has 0 aliphatic heterocycles. The zero-order valence-corrected chi connectivity index (χ0v) is 9.90. The van der Waals surface area contributed by atoms with Crippen LogP contribution in [0.3, 0.4) is 0 Å². The number of hydrogen-bond donors (Lipinski definition) is 0. The Kier molecular flexibility index (Phi) is 2.34. The van der Waals surface area contributed by atoms with Crippen LogP contribution in [0.1, 0.15) is 5.56 Å². The van der Waals surface area contributed by atoms with Crippen LogP contribution in [0.4, 0.5) is 0 Å². The van der Waals surface area contributed by atoms with Gasteiger partial charge >= 0.3 is 0 Å². The molecule has 1 aromatic carbocycles. The Morgan fingerprint density at radius 3 is 2.76 bits per heavy atom. The van der Waals surface area contributed by atoms with E-state index in [4.69, 9.17) is 16.0 Å². The summed E-state index contributed by atoms with van der Waals surface area (Å²) in [5.41, 5.74) is 2.66. The zero-order chi connectivity index (χ0) is 11.8. The predicted octanol–water partition coefficient (Wildman–Crippen LogP) is 3.85. The molecule has 2 heterocycles. The van der Waals surface area contributed by atoms with Crippen LogP contribution in [0, 0.1) is 6.92 Å². The van der Waals surface area contributed by atoms with Gasteiger partial charge in [-0.25, -0.2) is 9.97 Å². The smallest absolute Gasteiger partial charge is 0.223 e. The number of para-hydroxylation sites is 1. The summed E-state index contributed by atoms with van der Waals surface area (Å²) in [5, 5.41) is 1.18. The molecule has 0 saturated carbocycles. The van der Waals surface area contributed by atoms with Gasteiger partial charge in [0.2, 0.25) is 5.28 Å². The molecule has 3 aromatic rings. The van der Waals surface area contributed by atoms with Crippen LogP contribution in [-0.4, -0.2) is 9.97 Å². The van der Waals surface area contributed by atoms with Crippen LogP contribution in [0.5, 0.6) is 0 Å². The largest absolute Gasteiger partial charge is 0.463 e. The fraction of sp³-hybridized carbons (Fsp3) is 0.0769. The highest BCUT2D eigenvalue weighted by molar-refractivity contribution is 6.28. The number of rotatable bonds is 1. The number of hydrogen-bond acceptors (Lipinski definition) is 3. The van der Waals surface area contributed by atoms with Crippen molar-refractivity contribution in [3.63, 3.8) is 0 Å². The highest BCUT2D eigenvalue weighted by Gasteiger charge is 2.11. The molecule has 0 aliphatic rings. The van der Waals surface area contributed by atoms with Gasteiger partial charge in [-0.15, -0.1) is 0 Å². The molecule has 0 amide bonds. The fourth-order valence-corrected chi connectivity index (χ4v) is 2.04. The van der Waals surface area contributed by atoms with Crippen molar-refractivity contribution < 1.29 is 4.42 Å². The third kappa shape index (κ3) is 1.68. The number of fused-ring (bicyclic) bond motifs is 1. The molecule has 3 nitrogen and oxygen atoms in total. The molecule has 0 fully saturated rings. The molecule has 0 bridgehead atoms. The van der Waals surface area contributed by atoms with Crippen molar-refractivity contribution in [1.29, 1.82) is 0 Å². The molecule has 84 valence electrons. The lowest BCUT2D eigenvalue weighted by Crippen LogP contribution is -1.92. The van der Waals surface area contributed by atoms with Gasteiger partial charge in [-0.2, -0.15) is 0 Å². The van der Waals surface area contributed by atoms with Crippen molar-refractivity contribution in [3.05, 3.63) is 47.4 Å². The van der Waals surface area contributed by atoms with Crippen molar-refractivity contribution in [2.75, 3.05) is 0 Å².